The van der Waals surface area contributed by atoms with Crippen molar-refractivity contribution in [3.8, 4) is 0 Å². The van der Waals surface area contributed by atoms with Crippen LogP contribution in [0.25, 0.3) is 0 Å². The van der Waals surface area contributed by atoms with Crippen LogP contribution in [0.2, 0.25) is 0 Å². The number of rotatable bonds is 4. The Kier molecular flexibility index (Phi) is 4.62. The van der Waals surface area contributed by atoms with Crippen molar-refractivity contribution >= 4 is 31.6 Å². The minimum Gasteiger partial charge on any atom is -0.395 e. The zero-order valence-electron chi connectivity index (χ0n) is 8.83. The molecule has 0 radical (unpaired) electrons. The van der Waals surface area contributed by atoms with E-state index in [0.717, 1.165) is 12.1 Å². The lowest BCUT2D eigenvalue weighted by molar-refractivity contribution is -0.136. The summed E-state index contributed by atoms with van der Waals surface area (Å²) in [5.74, 6) is -0.666. The second-order valence-corrected chi connectivity index (χ2v) is 6.09. The number of aliphatic hydroxyl groups excluding tert-OH is 1. The van der Waals surface area contributed by atoms with Gasteiger partial charge in [-0.05, 0) is 18.2 Å². The molecule has 1 aromatic rings. The van der Waals surface area contributed by atoms with Crippen LogP contribution in [0, 0.1) is 0 Å². The van der Waals surface area contributed by atoms with Gasteiger partial charge in [-0.1, -0.05) is 15.9 Å². The fourth-order valence-corrected chi connectivity index (χ4v) is 2.40. The molecule has 2 N–H and O–H groups in total. The molecule has 0 aliphatic heterocycles. The number of hydrogen-bond acceptors (Lipinski definition) is 3. The molecule has 9 heteroatoms. The first kappa shape index (κ1) is 15.3. The number of halogens is 4. The summed E-state index contributed by atoms with van der Waals surface area (Å²) < 4.78 is 62.7. The third kappa shape index (κ3) is 4.14. The van der Waals surface area contributed by atoms with Gasteiger partial charge in [-0.2, -0.15) is 13.2 Å². The normalized spacial score (nSPS) is 12.5. The van der Waals surface area contributed by atoms with Crippen molar-refractivity contribution < 1.29 is 26.7 Å². The number of anilines is 1. The van der Waals surface area contributed by atoms with Gasteiger partial charge in [0.1, 0.15) is 0 Å². The summed E-state index contributed by atoms with van der Waals surface area (Å²) in [5.41, 5.74) is -1.67. The standard InChI is InChI=1S/C9H9BrF3NO3S/c10-6-1-2-8(7(5-6)9(11,12)13)14-18(16,17)4-3-15/h1-2,5,14-15H,3-4H2. The first-order valence-electron chi connectivity index (χ1n) is 4.64. The lowest BCUT2D eigenvalue weighted by Crippen LogP contribution is -2.21. The summed E-state index contributed by atoms with van der Waals surface area (Å²) in [5, 5.41) is 8.50. The van der Waals surface area contributed by atoms with Crippen molar-refractivity contribution in [3.63, 3.8) is 0 Å². The van der Waals surface area contributed by atoms with Crippen molar-refractivity contribution in [3.05, 3.63) is 28.2 Å². The molecule has 0 atom stereocenters. The smallest absolute Gasteiger partial charge is 0.395 e. The number of sulfonamides is 1. The van der Waals surface area contributed by atoms with Crippen LogP contribution in [0.15, 0.2) is 22.7 Å². The summed E-state index contributed by atoms with van der Waals surface area (Å²) in [6.07, 6.45) is -4.68. The molecule has 0 aliphatic rings. The molecule has 102 valence electrons. The minimum atomic E-state index is -4.68. The van der Waals surface area contributed by atoms with E-state index in [4.69, 9.17) is 5.11 Å². The van der Waals surface area contributed by atoms with Gasteiger partial charge >= 0.3 is 6.18 Å². The Bertz CT molecular complexity index is 530. The van der Waals surface area contributed by atoms with Gasteiger partial charge in [0.15, 0.2) is 0 Å². The highest BCUT2D eigenvalue weighted by Gasteiger charge is 2.34. The molecule has 0 saturated heterocycles. The third-order valence-corrected chi connectivity index (χ3v) is 3.66. The van der Waals surface area contributed by atoms with Crippen LogP contribution in [0.3, 0.4) is 0 Å². The van der Waals surface area contributed by atoms with Crippen LogP contribution in [0.4, 0.5) is 18.9 Å². The molecule has 0 unspecified atom stereocenters. The number of alkyl halides is 3. The molecule has 0 aliphatic carbocycles. The van der Waals surface area contributed by atoms with E-state index in [-0.39, 0.29) is 4.47 Å². The van der Waals surface area contributed by atoms with Crippen LogP contribution >= 0.6 is 15.9 Å². The lowest BCUT2D eigenvalue weighted by Gasteiger charge is -2.14. The van der Waals surface area contributed by atoms with Crippen molar-refractivity contribution in [2.75, 3.05) is 17.1 Å². The number of hydrogen-bond donors (Lipinski definition) is 2. The van der Waals surface area contributed by atoms with E-state index in [2.05, 4.69) is 15.9 Å². The van der Waals surface area contributed by atoms with E-state index in [1.54, 1.807) is 4.72 Å². The van der Waals surface area contributed by atoms with Gasteiger partial charge in [0, 0.05) is 4.47 Å². The Morgan fingerprint density at radius 1 is 1.33 bits per heavy atom. The summed E-state index contributed by atoms with van der Waals surface area (Å²) >= 11 is 2.88. The third-order valence-electron chi connectivity index (χ3n) is 1.91. The Morgan fingerprint density at radius 3 is 2.44 bits per heavy atom. The molecular formula is C9H9BrF3NO3S. The van der Waals surface area contributed by atoms with E-state index < -0.39 is 39.8 Å². The summed E-state index contributed by atoms with van der Waals surface area (Å²) in [7, 11) is -4.00. The molecule has 0 amide bonds. The number of nitrogens with one attached hydrogen (secondary N) is 1. The van der Waals surface area contributed by atoms with Gasteiger partial charge in [0.05, 0.1) is 23.6 Å². The topological polar surface area (TPSA) is 66.4 Å². The highest BCUT2D eigenvalue weighted by atomic mass is 79.9. The zero-order valence-corrected chi connectivity index (χ0v) is 11.2. The molecule has 4 nitrogen and oxygen atoms in total. The predicted octanol–water partition coefficient (Wildman–Crippen LogP) is 2.20. The maximum Gasteiger partial charge on any atom is 0.418 e. The van der Waals surface area contributed by atoms with Crippen molar-refractivity contribution in [2.45, 2.75) is 6.18 Å². The minimum absolute atomic E-state index is 0.180. The lowest BCUT2D eigenvalue weighted by atomic mass is 10.2. The van der Waals surface area contributed by atoms with Crippen LogP contribution in [0.5, 0.6) is 0 Å². The van der Waals surface area contributed by atoms with Gasteiger partial charge in [0.2, 0.25) is 10.0 Å². The SMILES string of the molecule is O=S(=O)(CCO)Nc1ccc(Br)cc1C(F)(F)F. The highest BCUT2D eigenvalue weighted by molar-refractivity contribution is 9.10. The fraction of sp³-hybridized carbons (Fsp3) is 0.333. The molecule has 18 heavy (non-hydrogen) atoms. The Hall–Kier alpha value is -0.800. The van der Waals surface area contributed by atoms with Crippen molar-refractivity contribution in [1.29, 1.82) is 0 Å². The van der Waals surface area contributed by atoms with E-state index in [1.165, 1.54) is 6.07 Å². The Labute approximate surface area is 110 Å². The molecule has 0 bridgehead atoms. The van der Waals surface area contributed by atoms with Gasteiger partial charge in [-0.3, -0.25) is 4.72 Å². The Morgan fingerprint density at radius 2 is 1.94 bits per heavy atom. The highest BCUT2D eigenvalue weighted by Crippen LogP contribution is 2.36. The van der Waals surface area contributed by atoms with Crippen LogP contribution in [-0.2, 0) is 16.2 Å². The van der Waals surface area contributed by atoms with E-state index in [0.29, 0.717) is 0 Å². The van der Waals surface area contributed by atoms with Gasteiger partial charge in [0.25, 0.3) is 0 Å². The van der Waals surface area contributed by atoms with E-state index in [1.807, 2.05) is 0 Å². The molecule has 0 fully saturated rings. The Balaban J connectivity index is 3.18. The van der Waals surface area contributed by atoms with Crippen molar-refractivity contribution in [1.82, 2.24) is 0 Å². The van der Waals surface area contributed by atoms with Gasteiger partial charge in [-0.25, -0.2) is 8.42 Å². The van der Waals surface area contributed by atoms with Crippen molar-refractivity contribution in [2.24, 2.45) is 0 Å². The maximum absolute atomic E-state index is 12.7. The molecular weight excluding hydrogens is 339 g/mol. The second kappa shape index (κ2) is 5.45. The monoisotopic (exact) mass is 347 g/mol. The van der Waals surface area contributed by atoms with Gasteiger partial charge in [-0.15, -0.1) is 0 Å². The van der Waals surface area contributed by atoms with Gasteiger partial charge < -0.3 is 5.11 Å². The molecule has 0 saturated carbocycles. The average Bonchev–Trinajstić information content (AvgIpc) is 2.18. The van der Waals surface area contributed by atoms with Crippen LogP contribution in [0.1, 0.15) is 5.56 Å². The van der Waals surface area contributed by atoms with Crippen LogP contribution in [-0.4, -0.2) is 25.9 Å². The van der Waals surface area contributed by atoms with E-state index in [9.17, 15) is 21.6 Å². The number of aliphatic hydroxyl groups is 1. The fourth-order valence-electron chi connectivity index (χ4n) is 1.18. The largest absolute Gasteiger partial charge is 0.418 e. The molecule has 1 aromatic carbocycles. The molecule has 0 heterocycles. The van der Waals surface area contributed by atoms with Crippen LogP contribution < -0.4 is 4.72 Å². The second-order valence-electron chi connectivity index (χ2n) is 3.33. The summed E-state index contributed by atoms with van der Waals surface area (Å²) in [6, 6.07) is 3.06. The number of benzene rings is 1. The van der Waals surface area contributed by atoms with E-state index >= 15 is 0 Å². The molecule has 0 aromatic heterocycles. The quantitative estimate of drug-likeness (QED) is 0.877. The molecule has 0 spiro atoms. The summed E-state index contributed by atoms with van der Waals surface area (Å²) in [4.78, 5) is 0. The summed E-state index contributed by atoms with van der Waals surface area (Å²) in [6.45, 7) is -0.673. The average molecular weight is 348 g/mol. The molecule has 1 rings (SSSR count). The first-order chi connectivity index (χ1) is 8.15. The predicted molar refractivity (Wildman–Crippen MR) is 63.6 cm³/mol. The first-order valence-corrected chi connectivity index (χ1v) is 7.08. The zero-order chi connectivity index (χ0) is 14.0. The maximum atomic E-state index is 12.7.